The lowest BCUT2D eigenvalue weighted by Crippen LogP contribution is -2.55. The molecule has 1 unspecified atom stereocenters. The van der Waals surface area contributed by atoms with Crippen molar-refractivity contribution in [2.75, 3.05) is 11.9 Å². The molecule has 2 aliphatic rings. The van der Waals surface area contributed by atoms with Crippen molar-refractivity contribution in [3.63, 3.8) is 0 Å². The Hall–Kier alpha value is -1.87. The Balaban J connectivity index is 1.81. The predicted molar refractivity (Wildman–Crippen MR) is 134 cm³/mol. The van der Waals surface area contributed by atoms with E-state index in [4.69, 9.17) is 0 Å². The number of aliphatic hydroxyl groups excluding tert-OH is 1. The third-order valence-corrected chi connectivity index (χ3v) is 11.8. The van der Waals surface area contributed by atoms with Crippen LogP contribution in [0.5, 0.6) is 0 Å². The van der Waals surface area contributed by atoms with E-state index < -0.39 is 19.0 Å². The minimum Gasteiger partial charge on any atom is -0.396 e. The van der Waals surface area contributed by atoms with Gasteiger partial charge in [-0.15, -0.1) is 0 Å². The quantitative estimate of drug-likeness (QED) is 0.436. The molecule has 0 radical (unpaired) electrons. The zero-order valence-corrected chi connectivity index (χ0v) is 22.8. The second-order valence-corrected chi connectivity index (χ2v) is 18.0. The van der Waals surface area contributed by atoms with Gasteiger partial charge in [-0.05, 0) is 32.6 Å². The molecule has 1 aliphatic carbocycles. The van der Waals surface area contributed by atoms with E-state index in [2.05, 4.69) is 40.5 Å². The average Bonchev–Trinajstić information content (AvgIpc) is 3.15. The summed E-state index contributed by atoms with van der Waals surface area (Å²) in [6.45, 7) is 19.1. The molecule has 3 rings (SSSR count). The number of amides is 3. The van der Waals surface area contributed by atoms with Crippen molar-refractivity contribution in [2.45, 2.75) is 104 Å². The van der Waals surface area contributed by atoms with E-state index in [1.807, 2.05) is 41.5 Å². The van der Waals surface area contributed by atoms with Gasteiger partial charge >= 0.3 is 6.03 Å². The highest BCUT2D eigenvalue weighted by molar-refractivity contribution is 6.83. The Morgan fingerprint density at radius 2 is 1.85 bits per heavy atom. The summed E-state index contributed by atoms with van der Waals surface area (Å²) >= 11 is 0. The number of aromatic nitrogens is 2. The van der Waals surface area contributed by atoms with Gasteiger partial charge < -0.3 is 20.6 Å². The summed E-state index contributed by atoms with van der Waals surface area (Å²) in [5.74, 6) is 0.780. The molecule has 0 spiro atoms. The minimum absolute atomic E-state index is 0.0164. The van der Waals surface area contributed by atoms with Crippen molar-refractivity contribution in [1.82, 2.24) is 20.4 Å². The molecule has 3 amide bonds. The van der Waals surface area contributed by atoms with Crippen LogP contribution in [0.25, 0.3) is 0 Å². The number of anilines is 1. The molecule has 1 aromatic rings. The summed E-state index contributed by atoms with van der Waals surface area (Å²) in [5.41, 5.74) is 0.673. The molecule has 1 atom stereocenters. The highest BCUT2D eigenvalue weighted by Crippen LogP contribution is 2.56. The van der Waals surface area contributed by atoms with E-state index in [9.17, 15) is 14.7 Å². The molecule has 4 N–H and O–H groups in total. The zero-order valence-electron chi connectivity index (χ0n) is 21.8. The number of carbonyl (C=O) groups is 2. The standard InChI is InChI=1S/C24H43N5O3Si/c1-15(2)17(22(3,4)14-30)25-21(32)29-13-16-18(23(29,5)6)27-28-19(16)26-20(31)24(11-10-12-24)33(7,8)9/h15,17,30H,10-14H2,1-9H3,(H,25,32)(H2,26,27,28,31). The maximum absolute atomic E-state index is 13.4. The van der Waals surface area contributed by atoms with Crippen molar-refractivity contribution < 1.29 is 14.7 Å². The van der Waals surface area contributed by atoms with Gasteiger partial charge in [0.1, 0.15) is 0 Å². The fourth-order valence-corrected chi connectivity index (χ4v) is 8.19. The van der Waals surface area contributed by atoms with Crippen LogP contribution in [0.4, 0.5) is 10.6 Å². The van der Waals surface area contributed by atoms with Crippen LogP contribution >= 0.6 is 0 Å². The number of urea groups is 1. The molecule has 8 nitrogen and oxygen atoms in total. The van der Waals surface area contributed by atoms with Crippen LogP contribution in [0.15, 0.2) is 0 Å². The Bertz CT molecular complexity index is 912. The average molecular weight is 478 g/mol. The van der Waals surface area contributed by atoms with Crippen LogP contribution < -0.4 is 10.6 Å². The predicted octanol–water partition coefficient (Wildman–Crippen LogP) is 4.41. The fraction of sp³-hybridized carbons (Fsp3) is 0.792. The molecule has 9 heteroatoms. The summed E-state index contributed by atoms with van der Waals surface area (Å²) in [7, 11) is -1.70. The van der Waals surface area contributed by atoms with E-state index in [-0.39, 0.29) is 35.5 Å². The van der Waals surface area contributed by atoms with E-state index in [1.165, 1.54) is 0 Å². The number of hydrogen-bond acceptors (Lipinski definition) is 4. The van der Waals surface area contributed by atoms with Gasteiger partial charge in [-0.3, -0.25) is 9.89 Å². The number of carbonyl (C=O) groups excluding carboxylic acids is 2. The molecular formula is C24H43N5O3Si. The topological polar surface area (TPSA) is 110 Å². The SMILES string of the molecule is CC(C)C(NC(=O)N1Cc2c(NC(=O)C3([Si](C)(C)C)CCC3)n[nH]c2C1(C)C)C(C)(C)CO. The van der Waals surface area contributed by atoms with Crippen molar-refractivity contribution in [1.29, 1.82) is 0 Å². The monoisotopic (exact) mass is 477 g/mol. The number of nitrogens with one attached hydrogen (secondary N) is 3. The van der Waals surface area contributed by atoms with Gasteiger partial charge in [0.25, 0.3) is 0 Å². The summed E-state index contributed by atoms with van der Waals surface area (Å²) < 4.78 is 0. The Morgan fingerprint density at radius 1 is 1.24 bits per heavy atom. The second-order valence-electron chi connectivity index (χ2n) is 12.5. The minimum atomic E-state index is -1.70. The summed E-state index contributed by atoms with van der Waals surface area (Å²) in [6.07, 6.45) is 2.98. The second kappa shape index (κ2) is 8.41. The van der Waals surface area contributed by atoms with Gasteiger partial charge in [0.05, 0.1) is 32.5 Å². The van der Waals surface area contributed by atoms with E-state index >= 15 is 0 Å². The molecule has 1 saturated carbocycles. The molecule has 33 heavy (non-hydrogen) atoms. The first-order valence-electron chi connectivity index (χ1n) is 12.2. The van der Waals surface area contributed by atoms with Gasteiger partial charge in [-0.25, -0.2) is 4.79 Å². The highest BCUT2D eigenvalue weighted by Gasteiger charge is 2.54. The Kier molecular flexibility index (Phi) is 6.56. The number of nitrogens with zero attached hydrogens (tertiary/aromatic N) is 2. The van der Waals surface area contributed by atoms with Crippen molar-refractivity contribution in [2.24, 2.45) is 11.3 Å². The van der Waals surface area contributed by atoms with Gasteiger partial charge in [0.15, 0.2) is 5.82 Å². The van der Waals surface area contributed by atoms with Gasteiger partial charge in [-0.1, -0.05) is 53.8 Å². The third-order valence-electron chi connectivity index (χ3n) is 8.22. The lowest BCUT2D eigenvalue weighted by Gasteiger charge is -2.48. The number of aliphatic hydroxyl groups is 1. The molecule has 2 heterocycles. The molecule has 0 bridgehead atoms. The van der Waals surface area contributed by atoms with Crippen molar-refractivity contribution in [3.8, 4) is 0 Å². The number of H-pyrrole nitrogens is 1. The van der Waals surface area contributed by atoms with Gasteiger partial charge in [0.2, 0.25) is 5.91 Å². The molecule has 186 valence electrons. The summed E-state index contributed by atoms with van der Waals surface area (Å²) in [6, 6.07) is -0.364. The van der Waals surface area contributed by atoms with Crippen LogP contribution in [0.2, 0.25) is 24.7 Å². The number of rotatable bonds is 7. The summed E-state index contributed by atoms with van der Waals surface area (Å²) in [4.78, 5) is 28.5. The van der Waals surface area contributed by atoms with Crippen LogP contribution in [0.3, 0.4) is 0 Å². The maximum atomic E-state index is 13.4. The molecule has 1 aliphatic heterocycles. The largest absolute Gasteiger partial charge is 0.396 e. The van der Waals surface area contributed by atoms with E-state index in [0.29, 0.717) is 12.4 Å². The van der Waals surface area contributed by atoms with Gasteiger partial charge in [-0.2, -0.15) is 5.10 Å². The first-order chi connectivity index (χ1) is 15.1. The lowest BCUT2D eigenvalue weighted by atomic mass is 9.79. The van der Waals surface area contributed by atoms with E-state index in [1.54, 1.807) is 4.90 Å². The number of hydrogen-bond donors (Lipinski definition) is 4. The number of aromatic amines is 1. The molecule has 0 saturated heterocycles. The molecular weight excluding hydrogens is 434 g/mol. The van der Waals surface area contributed by atoms with Crippen LogP contribution in [0, 0.1) is 11.3 Å². The number of fused-ring (bicyclic) bond motifs is 1. The Labute approximate surface area is 199 Å². The lowest BCUT2D eigenvalue weighted by molar-refractivity contribution is -0.121. The normalized spacial score (nSPS) is 20.3. The molecule has 1 aromatic heterocycles. The van der Waals surface area contributed by atoms with Crippen molar-refractivity contribution >= 4 is 25.8 Å². The first-order valence-corrected chi connectivity index (χ1v) is 15.7. The summed E-state index contributed by atoms with van der Waals surface area (Å²) in [5, 5.41) is 23.4. The first kappa shape index (κ1) is 25.7. The molecule has 0 aromatic carbocycles. The Morgan fingerprint density at radius 3 is 2.30 bits per heavy atom. The fourth-order valence-electron chi connectivity index (χ4n) is 5.59. The van der Waals surface area contributed by atoms with Crippen LogP contribution in [-0.4, -0.2) is 52.9 Å². The smallest absolute Gasteiger partial charge is 0.318 e. The van der Waals surface area contributed by atoms with Crippen LogP contribution in [0.1, 0.15) is 72.1 Å². The van der Waals surface area contributed by atoms with Crippen LogP contribution in [-0.2, 0) is 16.9 Å². The maximum Gasteiger partial charge on any atom is 0.318 e. The highest BCUT2D eigenvalue weighted by atomic mass is 28.3. The van der Waals surface area contributed by atoms with Gasteiger partial charge in [0, 0.05) is 22.1 Å². The molecule has 1 fully saturated rings. The zero-order chi connectivity index (χ0) is 25.0. The van der Waals surface area contributed by atoms with Crippen molar-refractivity contribution in [3.05, 3.63) is 11.3 Å². The van der Waals surface area contributed by atoms with E-state index in [0.717, 1.165) is 30.5 Å². The third kappa shape index (κ3) is 4.22.